The van der Waals surface area contributed by atoms with Gasteiger partial charge in [-0.3, -0.25) is 9.59 Å². The van der Waals surface area contributed by atoms with Gasteiger partial charge in [-0.05, 0) is 76.4 Å². The highest BCUT2D eigenvalue weighted by molar-refractivity contribution is 9.10. The molecule has 0 saturated heterocycles. The number of hydrogen-bond donors (Lipinski definition) is 1. The molecule has 0 aliphatic rings. The van der Waals surface area contributed by atoms with Gasteiger partial charge >= 0.3 is 0 Å². The lowest BCUT2D eigenvalue weighted by Gasteiger charge is -2.31. The van der Waals surface area contributed by atoms with Crippen molar-refractivity contribution in [2.75, 3.05) is 6.61 Å². The van der Waals surface area contributed by atoms with Crippen molar-refractivity contribution in [3.63, 3.8) is 0 Å². The molecule has 1 atom stereocenters. The van der Waals surface area contributed by atoms with Crippen molar-refractivity contribution in [2.45, 2.75) is 59.7 Å². The minimum Gasteiger partial charge on any atom is -0.484 e. The zero-order valence-corrected chi connectivity index (χ0v) is 21.2. The molecule has 168 valence electrons. The Morgan fingerprint density at radius 1 is 1.16 bits per heavy atom. The van der Waals surface area contributed by atoms with Crippen molar-refractivity contribution in [1.29, 1.82) is 0 Å². The fraction of sp³-hybridized carbons (Fsp3) is 0.417. The molecule has 2 aromatic carbocycles. The molecular weight excluding hydrogens is 480 g/mol. The van der Waals surface area contributed by atoms with Crippen LogP contribution >= 0.6 is 27.5 Å². The molecule has 0 fully saturated rings. The van der Waals surface area contributed by atoms with Crippen LogP contribution in [0.4, 0.5) is 0 Å². The highest BCUT2D eigenvalue weighted by atomic mass is 79.9. The van der Waals surface area contributed by atoms with Crippen LogP contribution in [0.2, 0.25) is 5.02 Å². The fourth-order valence-electron chi connectivity index (χ4n) is 3.08. The summed E-state index contributed by atoms with van der Waals surface area (Å²) in [6.07, 6.45) is 0. The summed E-state index contributed by atoms with van der Waals surface area (Å²) in [5.74, 6) is 0.0778. The monoisotopic (exact) mass is 508 g/mol. The molecule has 5 nitrogen and oxygen atoms in total. The van der Waals surface area contributed by atoms with Crippen LogP contribution in [0.3, 0.4) is 0 Å². The number of hydrogen-bond acceptors (Lipinski definition) is 3. The Bertz CT molecular complexity index is 933. The number of carbonyl (C=O) groups is 2. The molecule has 0 saturated carbocycles. The summed E-state index contributed by atoms with van der Waals surface area (Å²) in [5.41, 5.74) is 2.40. The highest BCUT2D eigenvalue weighted by Gasteiger charge is 2.29. The van der Waals surface area contributed by atoms with Crippen molar-refractivity contribution < 1.29 is 14.3 Å². The van der Waals surface area contributed by atoms with Gasteiger partial charge in [0, 0.05) is 21.6 Å². The van der Waals surface area contributed by atoms with E-state index in [1.807, 2.05) is 65.0 Å². The first kappa shape index (κ1) is 25.2. The van der Waals surface area contributed by atoms with E-state index in [0.29, 0.717) is 10.8 Å². The lowest BCUT2D eigenvalue weighted by molar-refractivity contribution is -0.142. The van der Waals surface area contributed by atoms with Gasteiger partial charge < -0.3 is 15.0 Å². The topological polar surface area (TPSA) is 58.6 Å². The number of halogens is 2. The maximum absolute atomic E-state index is 13.1. The van der Waals surface area contributed by atoms with Gasteiger partial charge in [0.05, 0.1) is 0 Å². The van der Waals surface area contributed by atoms with Crippen LogP contribution in [0.25, 0.3) is 0 Å². The quantitative estimate of drug-likeness (QED) is 0.541. The van der Waals surface area contributed by atoms with E-state index in [0.717, 1.165) is 21.2 Å². The Balaban J connectivity index is 2.23. The first-order valence-electron chi connectivity index (χ1n) is 10.1. The van der Waals surface area contributed by atoms with Gasteiger partial charge in [0.1, 0.15) is 11.8 Å². The number of nitrogens with zero attached hydrogens (tertiary/aromatic N) is 1. The Hall–Kier alpha value is -2.05. The average molecular weight is 510 g/mol. The number of carbonyl (C=O) groups excluding carboxylic acids is 2. The second-order valence-electron chi connectivity index (χ2n) is 8.69. The lowest BCUT2D eigenvalue weighted by atomic mass is 10.1. The molecule has 0 aliphatic carbocycles. The second kappa shape index (κ2) is 10.5. The van der Waals surface area contributed by atoms with Gasteiger partial charge in [0.2, 0.25) is 5.91 Å². The summed E-state index contributed by atoms with van der Waals surface area (Å²) < 4.78 is 6.80. The van der Waals surface area contributed by atoms with E-state index in [1.54, 1.807) is 13.0 Å². The molecule has 0 radical (unpaired) electrons. The minimum absolute atomic E-state index is 0.182. The van der Waals surface area contributed by atoms with E-state index >= 15 is 0 Å². The summed E-state index contributed by atoms with van der Waals surface area (Å²) >= 11 is 9.84. The molecule has 2 amide bonds. The van der Waals surface area contributed by atoms with Crippen molar-refractivity contribution in [3.05, 3.63) is 62.6 Å². The van der Waals surface area contributed by atoms with E-state index in [-0.39, 0.29) is 25.0 Å². The van der Waals surface area contributed by atoms with E-state index in [9.17, 15) is 9.59 Å². The molecule has 31 heavy (non-hydrogen) atoms. The number of rotatable bonds is 7. The molecule has 0 aromatic heterocycles. The molecule has 1 N–H and O–H groups in total. The minimum atomic E-state index is -0.694. The average Bonchev–Trinajstić information content (AvgIpc) is 2.67. The van der Waals surface area contributed by atoms with Crippen molar-refractivity contribution in [3.8, 4) is 5.75 Å². The van der Waals surface area contributed by atoms with E-state index in [2.05, 4.69) is 21.2 Å². The van der Waals surface area contributed by atoms with Crippen molar-refractivity contribution >= 4 is 39.3 Å². The van der Waals surface area contributed by atoms with Gasteiger partial charge in [0.15, 0.2) is 6.61 Å². The van der Waals surface area contributed by atoms with Crippen molar-refractivity contribution in [2.24, 2.45) is 0 Å². The maximum atomic E-state index is 13.1. The van der Waals surface area contributed by atoms with Gasteiger partial charge in [-0.1, -0.05) is 45.7 Å². The Labute approximate surface area is 198 Å². The third-order valence-corrected chi connectivity index (χ3v) is 6.36. The number of amides is 2. The SMILES string of the molecule is Cc1cc(OCC(=O)N(Cc2ccccc2Cl)C(C)C(=O)NC(C)(C)C)cc(C)c1Br. The van der Waals surface area contributed by atoms with Gasteiger partial charge in [0.25, 0.3) is 5.91 Å². The van der Waals surface area contributed by atoms with E-state index in [4.69, 9.17) is 16.3 Å². The van der Waals surface area contributed by atoms with Crippen LogP contribution in [-0.4, -0.2) is 34.9 Å². The van der Waals surface area contributed by atoms with E-state index in [1.165, 1.54) is 4.90 Å². The molecule has 1 unspecified atom stereocenters. The number of benzene rings is 2. The Kier molecular flexibility index (Phi) is 8.55. The fourth-order valence-corrected chi connectivity index (χ4v) is 3.51. The summed E-state index contributed by atoms with van der Waals surface area (Å²) in [6.45, 7) is 11.4. The van der Waals surface area contributed by atoms with Crippen LogP contribution in [0.5, 0.6) is 5.75 Å². The van der Waals surface area contributed by atoms with Gasteiger partial charge in [-0.25, -0.2) is 0 Å². The molecule has 0 aliphatic heterocycles. The summed E-state index contributed by atoms with van der Waals surface area (Å²) in [5, 5.41) is 3.48. The highest BCUT2D eigenvalue weighted by Crippen LogP contribution is 2.26. The molecule has 0 heterocycles. The van der Waals surface area contributed by atoms with Crippen LogP contribution in [0, 0.1) is 13.8 Å². The molecular formula is C24H30BrClN2O3. The molecule has 2 aromatic rings. The van der Waals surface area contributed by atoms with Crippen LogP contribution in [0.15, 0.2) is 40.9 Å². The first-order valence-corrected chi connectivity index (χ1v) is 11.3. The zero-order chi connectivity index (χ0) is 23.3. The Morgan fingerprint density at radius 3 is 2.29 bits per heavy atom. The maximum Gasteiger partial charge on any atom is 0.261 e. The van der Waals surface area contributed by atoms with Crippen LogP contribution < -0.4 is 10.1 Å². The second-order valence-corrected chi connectivity index (χ2v) is 9.89. The predicted octanol–water partition coefficient (Wildman–Crippen LogP) is 5.43. The molecule has 7 heteroatoms. The molecule has 0 bridgehead atoms. The lowest BCUT2D eigenvalue weighted by Crippen LogP contribution is -2.53. The Morgan fingerprint density at radius 2 is 1.74 bits per heavy atom. The molecule has 2 rings (SSSR count). The number of aryl methyl sites for hydroxylation is 2. The smallest absolute Gasteiger partial charge is 0.261 e. The summed E-state index contributed by atoms with van der Waals surface area (Å²) in [6, 6.07) is 10.3. The van der Waals surface area contributed by atoms with Gasteiger partial charge in [-0.2, -0.15) is 0 Å². The largest absolute Gasteiger partial charge is 0.484 e. The molecule has 0 spiro atoms. The van der Waals surface area contributed by atoms with Gasteiger partial charge in [-0.15, -0.1) is 0 Å². The van der Waals surface area contributed by atoms with Crippen molar-refractivity contribution in [1.82, 2.24) is 10.2 Å². The standard InChI is InChI=1S/C24H30BrClN2O3/c1-15-11-19(12-16(2)22(15)25)31-14-21(29)28(13-18-9-7-8-10-20(18)26)17(3)23(30)27-24(4,5)6/h7-12,17H,13-14H2,1-6H3,(H,27,30). The van der Waals surface area contributed by atoms with Crippen LogP contribution in [-0.2, 0) is 16.1 Å². The van der Waals surface area contributed by atoms with Crippen LogP contribution in [0.1, 0.15) is 44.4 Å². The third-order valence-electron chi connectivity index (χ3n) is 4.74. The summed E-state index contributed by atoms with van der Waals surface area (Å²) in [7, 11) is 0. The zero-order valence-electron chi connectivity index (χ0n) is 18.9. The normalized spacial score (nSPS) is 12.3. The number of ether oxygens (including phenoxy) is 1. The first-order chi connectivity index (χ1) is 14.4. The predicted molar refractivity (Wildman–Crippen MR) is 128 cm³/mol. The third kappa shape index (κ3) is 7.25. The number of nitrogens with one attached hydrogen (secondary N) is 1. The van der Waals surface area contributed by atoms with E-state index < -0.39 is 11.6 Å². The summed E-state index contributed by atoms with van der Waals surface area (Å²) in [4.78, 5) is 27.4.